The van der Waals surface area contributed by atoms with Crippen LogP contribution in [0, 0.1) is 0 Å². The number of nitrogens with one attached hydrogen (secondary N) is 1. The summed E-state index contributed by atoms with van der Waals surface area (Å²) < 4.78 is 34.4. The van der Waals surface area contributed by atoms with Crippen LogP contribution in [0.15, 0.2) is 24.3 Å². The predicted molar refractivity (Wildman–Crippen MR) is 370 cm³/mol. The molecule has 94 heavy (non-hydrogen) atoms. The molecule has 3 heterocycles. The molecule has 3 saturated heterocycles. The zero-order valence-corrected chi connectivity index (χ0v) is 59.0. The molecule has 0 spiro atoms. The topological polar surface area (TPSA) is 307 Å². The molecule has 0 aromatic rings. The van der Waals surface area contributed by atoms with Crippen LogP contribution < -0.4 is 5.32 Å². The first kappa shape index (κ1) is 86.5. The van der Waals surface area contributed by atoms with Gasteiger partial charge in [-0.05, 0) is 32.1 Å². The van der Waals surface area contributed by atoms with Crippen molar-refractivity contribution >= 4 is 5.91 Å². The Labute approximate surface area is 568 Å². The van der Waals surface area contributed by atoms with E-state index in [9.17, 15) is 61.0 Å². The van der Waals surface area contributed by atoms with Crippen molar-refractivity contribution in [3.8, 4) is 0 Å². The molecule has 1 amide bonds. The van der Waals surface area contributed by atoms with Gasteiger partial charge in [-0.25, -0.2) is 0 Å². The lowest BCUT2D eigenvalue weighted by atomic mass is 9.96. The third-order valence-corrected chi connectivity index (χ3v) is 19.5. The molecule has 19 nitrogen and oxygen atoms in total. The largest absolute Gasteiger partial charge is 0.394 e. The van der Waals surface area contributed by atoms with Gasteiger partial charge in [-0.2, -0.15) is 0 Å². The summed E-state index contributed by atoms with van der Waals surface area (Å²) in [4.78, 5) is 13.4. The maximum Gasteiger partial charge on any atom is 0.220 e. The third-order valence-electron chi connectivity index (χ3n) is 19.5. The van der Waals surface area contributed by atoms with E-state index >= 15 is 0 Å². The van der Waals surface area contributed by atoms with E-state index in [2.05, 4.69) is 31.3 Å². The highest BCUT2D eigenvalue weighted by Crippen LogP contribution is 2.33. The average Bonchev–Trinajstić information content (AvgIpc) is 0.787. The minimum absolute atomic E-state index is 0.241. The molecule has 0 bridgehead atoms. The molecular weight excluding hydrogens is 1200 g/mol. The van der Waals surface area contributed by atoms with E-state index in [-0.39, 0.29) is 18.9 Å². The molecule has 17 atom stereocenters. The van der Waals surface area contributed by atoms with Crippen LogP contribution in [0.2, 0.25) is 0 Å². The summed E-state index contributed by atoms with van der Waals surface area (Å²) in [5.41, 5.74) is 0. The first-order chi connectivity index (χ1) is 45.8. The van der Waals surface area contributed by atoms with Crippen LogP contribution in [-0.2, 0) is 33.2 Å². The molecule has 554 valence electrons. The van der Waals surface area contributed by atoms with Gasteiger partial charge in [0.25, 0.3) is 0 Å². The summed E-state index contributed by atoms with van der Waals surface area (Å²) in [5, 5.41) is 121. The maximum absolute atomic E-state index is 13.4. The molecule has 19 heteroatoms. The summed E-state index contributed by atoms with van der Waals surface area (Å²) in [7, 11) is 0. The molecule has 3 fully saturated rings. The van der Waals surface area contributed by atoms with Crippen molar-refractivity contribution < 1.29 is 89.4 Å². The van der Waals surface area contributed by atoms with Gasteiger partial charge < -0.3 is 89.9 Å². The van der Waals surface area contributed by atoms with Gasteiger partial charge in [0.15, 0.2) is 18.9 Å². The summed E-state index contributed by atoms with van der Waals surface area (Å²) in [5.74, 6) is -0.278. The zero-order valence-electron chi connectivity index (χ0n) is 59.0. The van der Waals surface area contributed by atoms with Gasteiger partial charge >= 0.3 is 0 Å². The Morgan fingerprint density at radius 2 is 0.681 bits per heavy atom. The molecule has 17 unspecified atom stereocenters. The number of ether oxygens (including phenoxy) is 6. The highest BCUT2D eigenvalue weighted by Gasteiger charge is 2.53. The van der Waals surface area contributed by atoms with E-state index in [1.807, 2.05) is 6.08 Å². The Morgan fingerprint density at radius 1 is 0.372 bits per heavy atom. The van der Waals surface area contributed by atoms with Crippen molar-refractivity contribution in [3.63, 3.8) is 0 Å². The van der Waals surface area contributed by atoms with E-state index in [1.165, 1.54) is 244 Å². The number of aliphatic hydroxyl groups excluding tert-OH is 11. The second-order valence-electron chi connectivity index (χ2n) is 27.8. The van der Waals surface area contributed by atoms with Crippen molar-refractivity contribution in [1.82, 2.24) is 5.32 Å². The van der Waals surface area contributed by atoms with Gasteiger partial charge in [-0.3, -0.25) is 4.79 Å². The van der Waals surface area contributed by atoms with Gasteiger partial charge in [0, 0.05) is 6.42 Å². The standard InChI is InChI=1S/C75H141NO18/c1-3-5-7-9-11-13-15-17-19-21-23-25-27-28-29-30-31-32-34-36-38-40-42-44-46-48-50-52-59(80)58(76-63(81)53-51-49-47-45-43-41-39-37-35-33-26-24-22-20-18-16-14-12-10-8-6-4-2)57-89-73-69(87)66(84)71(61(55-78)91-73)94-75-70(88)67(85)72(62(56-79)92-75)93-74-68(86)65(83)64(82)60(54-77)90-74/h42,44,50,52,58-62,64-75,77-80,82-88H,3-41,43,45-49,51,53-57H2,1-2H3,(H,76,81)/b44-42+,52-50+. The Morgan fingerprint density at radius 3 is 1.06 bits per heavy atom. The van der Waals surface area contributed by atoms with Crippen LogP contribution in [0.1, 0.15) is 316 Å². The molecule has 0 radical (unpaired) electrons. The molecule has 3 aliphatic rings. The van der Waals surface area contributed by atoms with E-state index in [0.29, 0.717) is 12.8 Å². The Hall–Kier alpha value is -1.73. The smallest absolute Gasteiger partial charge is 0.220 e. The fraction of sp³-hybridized carbons (Fsp3) is 0.933. The molecule has 3 aliphatic heterocycles. The molecule has 3 rings (SSSR count). The lowest BCUT2D eigenvalue weighted by Gasteiger charge is -2.48. The fourth-order valence-corrected chi connectivity index (χ4v) is 13.3. The number of hydrogen-bond acceptors (Lipinski definition) is 18. The molecule has 0 aromatic carbocycles. The molecule has 0 saturated carbocycles. The first-order valence-electron chi connectivity index (χ1n) is 38.6. The quantitative estimate of drug-likeness (QED) is 0.0199. The van der Waals surface area contributed by atoms with Gasteiger partial charge in [-0.1, -0.05) is 301 Å². The molecule has 0 aliphatic carbocycles. The Bertz CT molecular complexity index is 1800. The lowest BCUT2D eigenvalue weighted by Crippen LogP contribution is -2.66. The monoisotopic (exact) mass is 1340 g/mol. The average molecular weight is 1340 g/mol. The van der Waals surface area contributed by atoms with Gasteiger partial charge in [0.2, 0.25) is 5.91 Å². The number of carbonyl (C=O) groups is 1. The minimum Gasteiger partial charge on any atom is -0.394 e. The number of aliphatic hydroxyl groups is 11. The van der Waals surface area contributed by atoms with Crippen molar-refractivity contribution in [2.24, 2.45) is 0 Å². The number of rotatable bonds is 61. The van der Waals surface area contributed by atoms with E-state index in [4.69, 9.17) is 28.4 Å². The highest BCUT2D eigenvalue weighted by molar-refractivity contribution is 5.76. The number of hydrogen-bond donors (Lipinski definition) is 12. The van der Waals surface area contributed by atoms with Crippen LogP contribution in [0.4, 0.5) is 0 Å². The van der Waals surface area contributed by atoms with Crippen molar-refractivity contribution in [3.05, 3.63) is 24.3 Å². The number of carbonyl (C=O) groups excluding carboxylic acids is 1. The van der Waals surface area contributed by atoms with E-state index in [1.54, 1.807) is 6.08 Å². The second kappa shape index (κ2) is 57.0. The Balaban J connectivity index is 1.41. The van der Waals surface area contributed by atoms with E-state index < -0.39 is 124 Å². The van der Waals surface area contributed by atoms with Gasteiger partial charge in [0.05, 0.1) is 38.6 Å². The number of unbranched alkanes of at least 4 members (excludes halogenated alkanes) is 43. The number of amides is 1. The van der Waals surface area contributed by atoms with Crippen LogP contribution in [-0.4, -0.2) is 193 Å². The maximum atomic E-state index is 13.4. The lowest BCUT2D eigenvalue weighted by molar-refractivity contribution is -0.379. The van der Waals surface area contributed by atoms with Gasteiger partial charge in [-0.15, -0.1) is 0 Å². The Kier molecular flexibility index (Phi) is 52.4. The van der Waals surface area contributed by atoms with Crippen molar-refractivity contribution in [2.75, 3.05) is 26.4 Å². The first-order valence-corrected chi connectivity index (χ1v) is 38.6. The van der Waals surface area contributed by atoms with Crippen molar-refractivity contribution in [2.45, 2.75) is 420 Å². The van der Waals surface area contributed by atoms with Crippen LogP contribution in [0.25, 0.3) is 0 Å². The summed E-state index contributed by atoms with van der Waals surface area (Å²) in [6.07, 6.45) is 40.2. The summed E-state index contributed by atoms with van der Waals surface area (Å²) in [6.45, 7) is 1.77. The normalized spacial score (nSPS) is 27.4. The molecular formula is C75H141NO18. The zero-order chi connectivity index (χ0) is 68.2. The van der Waals surface area contributed by atoms with Crippen LogP contribution >= 0.6 is 0 Å². The van der Waals surface area contributed by atoms with Crippen LogP contribution in [0.5, 0.6) is 0 Å². The highest BCUT2D eigenvalue weighted by atomic mass is 16.8. The SMILES string of the molecule is CCCCCCCCCCCCCCCCCCCCCCC/C=C/CC/C=C/C(O)C(COC1OC(CO)C(OC2OC(CO)C(OC3OC(CO)C(O)C(O)C3O)C(O)C2O)C(O)C1O)NC(=O)CCCCCCCCCCCCCCCCCCCCCCCC. The second-order valence-corrected chi connectivity index (χ2v) is 27.8. The minimum atomic E-state index is -1.98. The summed E-state index contributed by atoms with van der Waals surface area (Å²) in [6, 6.07) is -0.988. The van der Waals surface area contributed by atoms with Crippen molar-refractivity contribution in [1.29, 1.82) is 0 Å². The summed E-state index contributed by atoms with van der Waals surface area (Å²) >= 11 is 0. The molecule has 12 N–H and O–H groups in total. The number of allylic oxidation sites excluding steroid dienone is 3. The van der Waals surface area contributed by atoms with Crippen LogP contribution in [0.3, 0.4) is 0 Å². The fourth-order valence-electron chi connectivity index (χ4n) is 13.3. The predicted octanol–water partition coefficient (Wildman–Crippen LogP) is 11.8. The van der Waals surface area contributed by atoms with E-state index in [0.717, 1.165) is 38.5 Å². The molecule has 0 aromatic heterocycles. The van der Waals surface area contributed by atoms with Gasteiger partial charge in [0.1, 0.15) is 73.2 Å². The third kappa shape index (κ3) is 37.6.